The molecule has 0 unspecified atom stereocenters. The van der Waals surface area contributed by atoms with Gasteiger partial charge in [0.05, 0.1) is 0 Å². The van der Waals surface area contributed by atoms with Crippen LogP contribution in [0.3, 0.4) is 0 Å². The van der Waals surface area contributed by atoms with Gasteiger partial charge >= 0.3 is 6.09 Å². The highest BCUT2D eigenvalue weighted by atomic mass is 16.6. The Morgan fingerprint density at radius 2 is 1.90 bits per heavy atom. The molecule has 1 N–H and O–H groups in total. The number of nitrogens with one attached hydrogen (secondary N) is 1. The molecular formula is C15H22N2O3. The van der Waals surface area contributed by atoms with Gasteiger partial charge in [-0.2, -0.15) is 0 Å². The third kappa shape index (κ3) is 6.31. The van der Waals surface area contributed by atoms with E-state index in [9.17, 15) is 9.59 Å². The molecule has 1 heterocycles. The summed E-state index contributed by atoms with van der Waals surface area (Å²) in [6.45, 7) is 7.28. The molecule has 1 aromatic heterocycles. The summed E-state index contributed by atoms with van der Waals surface area (Å²) in [6.07, 6.45) is 3.67. The molecule has 0 aromatic carbocycles. The molecule has 0 aliphatic carbocycles. The second-order valence-electron chi connectivity index (χ2n) is 5.75. The van der Waals surface area contributed by atoms with E-state index in [0.29, 0.717) is 18.4 Å². The lowest BCUT2D eigenvalue weighted by Gasteiger charge is -2.21. The Labute approximate surface area is 119 Å². The van der Waals surface area contributed by atoms with Crippen molar-refractivity contribution in [3.05, 3.63) is 30.1 Å². The molecule has 0 saturated carbocycles. The molecule has 1 aromatic rings. The highest BCUT2D eigenvalue weighted by Gasteiger charge is 2.18. The van der Waals surface area contributed by atoms with E-state index in [2.05, 4.69) is 10.3 Å². The largest absolute Gasteiger partial charge is 0.444 e. The van der Waals surface area contributed by atoms with Crippen LogP contribution in [-0.4, -0.2) is 28.5 Å². The molecule has 0 spiro atoms. The molecule has 1 amide bonds. The Morgan fingerprint density at radius 1 is 1.30 bits per heavy atom. The first kappa shape index (κ1) is 16.1. The molecular weight excluding hydrogens is 256 g/mol. The average Bonchev–Trinajstić information content (AvgIpc) is 2.34. The third-order valence-electron chi connectivity index (χ3n) is 2.57. The predicted octanol–water partition coefficient (Wildman–Crippen LogP) is 2.96. The van der Waals surface area contributed by atoms with Crippen molar-refractivity contribution in [2.75, 3.05) is 0 Å². The van der Waals surface area contributed by atoms with Gasteiger partial charge in [0.2, 0.25) is 0 Å². The average molecular weight is 278 g/mol. The van der Waals surface area contributed by atoms with Crippen molar-refractivity contribution in [1.29, 1.82) is 0 Å². The molecule has 1 rings (SSSR count). The molecule has 20 heavy (non-hydrogen) atoms. The van der Waals surface area contributed by atoms with Crippen molar-refractivity contribution < 1.29 is 14.3 Å². The highest BCUT2D eigenvalue weighted by Crippen LogP contribution is 2.09. The first-order chi connectivity index (χ1) is 9.28. The topological polar surface area (TPSA) is 68.3 Å². The summed E-state index contributed by atoms with van der Waals surface area (Å²) >= 11 is 0. The number of carbonyl (C=O) groups excluding carboxylic acids is 2. The second-order valence-corrected chi connectivity index (χ2v) is 5.75. The van der Waals surface area contributed by atoms with Gasteiger partial charge in [0.25, 0.3) is 0 Å². The molecule has 5 nitrogen and oxygen atoms in total. The first-order valence-corrected chi connectivity index (χ1v) is 6.70. The lowest BCUT2D eigenvalue weighted by atomic mass is 10.1. The van der Waals surface area contributed by atoms with Crippen molar-refractivity contribution in [2.24, 2.45) is 0 Å². The molecule has 5 heteroatoms. The van der Waals surface area contributed by atoms with Gasteiger partial charge in [-0.25, -0.2) is 4.79 Å². The normalized spacial score (nSPS) is 12.6. The minimum absolute atomic E-state index is 0.0465. The Bertz CT molecular complexity index is 452. The predicted molar refractivity (Wildman–Crippen MR) is 76.6 cm³/mol. The number of alkyl carbamates (subject to hydrolysis) is 1. The fourth-order valence-electron chi connectivity index (χ4n) is 1.61. The van der Waals surface area contributed by atoms with Crippen LogP contribution in [0.5, 0.6) is 0 Å². The molecule has 0 aliphatic heterocycles. The number of pyridine rings is 1. The van der Waals surface area contributed by atoms with Crippen molar-refractivity contribution in [3.8, 4) is 0 Å². The van der Waals surface area contributed by atoms with E-state index >= 15 is 0 Å². The molecule has 0 aliphatic rings. The zero-order valence-electron chi connectivity index (χ0n) is 12.5. The maximum Gasteiger partial charge on any atom is 0.407 e. The minimum atomic E-state index is -0.517. The number of hydrogen-bond acceptors (Lipinski definition) is 4. The standard InChI is InChI=1S/C15H22N2O3/c1-11(17-14(19)20-15(2,3)4)5-6-13(18)12-7-9-16-10-8-12/h7-11H,5-6H2,1-4H3,(H,17,19)/t11-/m0/s1. The SMILES string of the molecule is C[C@@H](CCC(=O)c1ccncc1)NC(=O)OC(C)(C)C. The molecule has 110 valence electrons. The van der Waals surface area contributed by atoms with E-state index in [-0.39, 0.29) is 11.8 Å². The van der Waals surface area contributed by atoms with Crippen molar-refractivity contribution in [2.45, 2.75) is 52.2 Å². The van der Waals surface area contributed by atoms with Crippen LogP contribution in [0.25, 0.3) is 0 Å². The summed E-state index contributed by atoms with van der Waals surface area (Å²) in [5, 5.41) is 2.72. The van der Waals surface area contributed by atoms with E-state index in [1.165, 1.54) is 0 Å². The summed E-state index contributed by atoms with van der Waals surface area (Å²) in [7, 11) is 0. The van der Waals surface area contributed by atoms with E-state index in [4.69, 9.17) is 4.74 Å². The molecule has 0 saturated heterocycles. The molecule has 0 bridgehead atoms. The Balaban J connectivity index is 2.35. The smallest absolute Gasteiger partial charge is 0.407 e. The molecule has 1 atom stereocenters. The lowest BCUT2D eigenvalue weighted by molar-refractivity contribution is 0.0504. The van der Waals surface area contributed by atoms with Crippen molar-refractivity contribution >= 4 is 11.9 Å². The van der Waals surface area contributed by atoms with Gasteiger partial charge in [-0.1, -0.05) is 0 Å². The van der Waals surface area contributed by atoms with Gasteiger partial charge in [-0.05, 0) is 46.2 Å². The maximum atomic E-state index is 11.9. The zero-order valence-corrected chi connectivity index (χ0v) is 12.5. The maximum absolute atomic E-state index is 11.9. The van der Waals surface area contributed by atoms with Crippen LogP contribution in [0.2, 0.25) is 0 Å². The quantitative estimate of drug-likeness (QED) is 0.841. The molecule has 0 fully saturated rings. The fourth-order valence-corrected chi connectivity index (χ4v) is 1.61. The first-order valence-electron chi connectivity index (χ1n) is 6.70. The zero-order chi connectivity index (χ0) is 15.2. The Morgan fingerprint density at radius 3 is 2.45 bits per heavy atom. The number of ketones is 1. The van der Waals surface area contributed by atoms with Gasteiger partial charge in [-0.3, -0.25) is 9.78 Å². The van der Waals surface area contributed by atoms with Crippen LogP contribution >= 0.6 is 0 Å². The minimum Gasteiger partial charge on any atom is -0.444 e. The highest BCUT2D eigenvalue weighted by molar-refractivity contribution is 5.95. The van der Waals surface area contributed by atoms with Crippen molar-refractivity contribution in [1.82, 2.24) is 10.3 Å². The monoisotopic (exact) mass is 278 g/mol. The second kappa shape index (κ2) is 7.03. The van der Waals surface area contributed by atoms with E-state index < -0.39 is 11.7 Å². The Hall–Kier alpha value is -1.91. The van der Waals surface area contributed by atoms with Crippen LogP contribution in [0.15, 0.2) is 24.5 Å². The van der Waals surface area contributed by atoms with Crippen LogP contribution in [0.1, 0.15) is 50.9 Å². The van der Waals surface area contributed by atoms with Gasteiger partial charge in [0.1, 0.15) is 5.60 Å². The van der Waals surface area contributed by atoms with Gasteiger partial charge < -0.3 is 10.1 Å². The summed E-state index contributed by atoms with van der Waals surface area (Å²) in [5.41, 5.74) is 0.126. The van der Waals surface area contributed by atoms with Crippen LogP contribution in [0.4, 0.5) is 4.79 Å². The van der Waals surface area contributed by atoms with Gasteiger partial charge in [0.15, 0.2) is 5.78 Å². The summed E-state index contributed by atoms with van der Waals surface area (Å²) in [6, 6.07) is 3.26. The number of ether oxygens (including phenoxy) is 1. The van der Waals surface area contributed by atoms with E-state index in [1.807, 2.05) is 27.7 Å². The third-order valence-corrected chi connectivity index (χ3v) is 2.57. The lowest BCUT2D eigenvalue weighted by Crippen LogP contribution is -2.37. The number of carbonyl (C=O) groups is 2. The van der Waals surface area contributed by atoms with Crippen LogP contribution in [-0.2, 0) is 4.74 Å². The van der Waals surface area contributed by atoms with E-state index in [0.717, 1.165) is 0 Å². The molecule has 0 radical (unpaired) electrons. The Kier molecular flexibility index (Phi) is 5.67. The fraction of sp³-hybridized carbons (Fsp3) is 0.533. The van der Waals surface area contributed by atoms with Gasteiger partial charge in [0, 0.05) is 30.4 Å². The van der Waals surface area contributed by atoms with Crippen LogP contribution < -0.4 is 5.32 Å². The van der Waals surface area contributed by atoms with E-state index in [1.54, 1.807) is 24.5 Å². The number of Topliss-reactive ketones (excluding diaryl/α,β-unsaturated/α-hetero) is 1. The number of hydrogen-bond donors (Lipinski definition) is 1. The van der Waals surface area contributed by atoms with Crippen molar-refractivity contribution in [3.63, 3.8) is 0 Å². The summed E-state index contributed by atoms with van der Waals surface area (Å²) in [4.78, 5) is 27.3. The summed E-state index contributed by atoms with van der Waals surface area (Å²) in [5.74, 6) is 0.0465. The number of aromatic nitrogens is 1. The summed E-state index contributed by atoms with van der Waals surface area (Å²) < 4.78 is 5.16. The van der Waals surface area contributed by atoms with Gasteiger partial charge in [-0.15, -0.1) is 0 Å². The number of amides is 1. The van der Waals surface area contributed by atoms with Crippen LogP contribution in [0, 0.1) is 0 Å². The number of nitrogens with zero attached hydrogens (tertiary/aromatic N) is 1. The number of rotatable bonds is 5.